The molecule has 1 N–H and O–H groups in total. The van der Waals surface area contributed by atoms with Crippen LogP contribution in [0.4, 0.5) is 13.6 Å². The maximum atomic E-state index is 14.2. The van der Waals surface area contributed by atoms with E-state index in [1.165, 1.54) is 24.3 Å². The van der Waals surface area contributed by atoms with Crippen molar-refractivity contribution in [2.45, 2.75) is 45.5 Å². The van der Waals surface area contributed by atoms with E-state index in [9.17, 15) is 13.6 Å². The van der Waals surface area contributed by atoms with Crippen molar-refractivity contribution in [1.82, 2.24) is 5.32 Å². The molecular weight excluding hydrogens is 403 g/mol. The second kappa shape index (κ2) is 9.20. The summed E-state index contributed by atoms with van der Waals surface area (Å²) >= 11 is 0. The first-order valence-electron chi connectivity index (χ1n) is 10.0. The molecule has 1 aliphatic heterocycles. The minimum Gasteiger partial charge on any atom is -0.445 e. The fraction of sp³-hybridized carbons (Fsp3) is 0.348. The Balaban J connectivity index is 1.77. The lowest BCUT2D eigenvalue weighted by Gasteiger charge is -2.32. The molecule has 0 unspecified atom stereocenters. The van der Waals surface area contributed by atoms with Crippen molar-refractivity contribution in [2.24, 2.45) is 0 Å². The van der Waals surface area contributed by atoms with E-state index in [0.717, 1.165) is 5.56 Å². The van der Waals surface area contributed by atoms with Gasteiger partial charge in [-0.05, 0) is 50.9 Å². The number of alkyl carbamates (subject to hydrolysis) is 1. The number of benzene rings is 2. The molecule has 0 atom stereocenters. The predicted octanol–water partition coefficient (Wildman–Crippen LogP) is 4.91. The van der Waals surface area contributed by atoms with Crippen LogP contribution in [0.1, 0.15) is 38.8 Å². The Morgan fingerprint density at radius 1 is 1.00 bits per heavy atom. The number of halogens is 2. The highest BCUT2D eigenvalue weighted by Gasteiger charge is 2.52. The number of hydrogen-bond donors (Lipinski definition) is 1. The molecule has 1 fully saturated rings. The summed E-state index contributed by atoms with van der Waals surface area (Å²) in [4.78, 5) is 12.2. The Morgan fingerprint density at radius 2 is 1.58 bits per heavy atom. The smallest absolute Gasteiger partial charge is 0.445 e. The summed E-state index contributed by atoms with van der Waals surface area (Å²) < 4.78 is 45.7. The van der Waals surface area contributed by atoms with E-state index in [0.29, 0.717) is 5.47 Å². The second-order valence-electron chi connectivity index (χ2n) is 8.36. The van der Waals surface area contributed by atoms with E-state index in [4.69, 9.17) is 14.0 Å². The maximum Gasteiger partial charge on any atom is 0.492 e. The molecule has 0 aromatic heterocycles. The van der Waals surface area contributed by atoms with Crippen LogP contribution in [-0.2, 0) is 20.7 Å². The third-order valence-electron chi connectivity index (χ3n) is 5.54. The highest BCUT2D eigenvalue weighted by molar-refractivity contribution is 6.56. The van der Waals surface area contributed by atoms with Gasteiger partial charge < -0.3 is 19.4 Å². The molecule has 2 aromatic rings. The minimum absolute atomic E-state index is 0.0712. The van der Waals surface area contributed by atoms with Crippen molar-refractivity contribution in [3.8, 4) is 0 Å². The maximum absolute atomic E-state index is 14.2. The fourth-order valence-corrected chi connectivity index (χ4v) is 2.98. The van der Waals surface area contributed by atoms with E-state index in [2.05, 4.69) is 5.32 Å². The quantitative estimate of drug-likeness (QED) is 0.664. The lowest BCUT2D eigenvalue weighted by atomic mass is 9.77. The van der Waals surface area contributed by atoms with Gasteiger partial charge in [-0.25, -0.2) is 13.6 Å². The van der Waals surface area contributed by atoms with Gasteiger partial charge in [-0.1, -0.05) is 42.5 Å². The van der Waals surface area contributed by atoms with E-state index in [1.807, 2.05) is 58.0 Å². The van der Waals surface area contributed by atoms with Crippen LogP contribution in [0.3, 0.4) is 0 Å². The Morgan fingerprint density at radius 3 is 2.16 bits per heavy atom. The molecule has 31 heavy (non-hydrogen) atoms. The topological polar surface area (TPSA) is 56.8 Å². The molecule has 2 aromatic carbocycles. The molecule has 0 spiro atoms. The van der Waals surface area contributed by atoms with Gasteiger partial charge >= 0.3 is 13.2 Å². The largest absolute Gasteiger partial charge is 0.492 e. The molecule has 3 rings (SSSR count). The van der Waals surface area contributed by atoms with Gasteiger partial charge in [0.25, 0.3) is 0 Å². The molecule has 1 saturated heterocycles. The van der Waals surface area contributed by atoms with Crippen molar-refractivity contribution in [1.29, 1.82) is 0 Å². The highest BCUT2D eigenvalue weighted by atomic mass is 19.1. The van der Waals surface area contributed by atoms with Crippen molar-refractivity contribution in [3.63, 3.8) is 0 Å². The van der Waals surface area contributed by atoms with Crippen molar-refractivity contribution in [3.05, 3.63) is 76.8 Å². The van der Waals surface area contributed by atoms with Gasteiger partial charge in [0.1, 0.15) is 18.2 Å². The SMILES string of the molecule is CC1(C)OB(C(=Cc2c(F)cccc2F)CNC(=O)OCc2ccccc2)OC1(C)C. The minimum atomic E-state index is -0.890. The summed E-state index contributed by atoms with van der Waals surface area (Å²) in [7, 11) is -0.890. The summed E-state index contributed by atoms with van der Waals surface area (Å²) in [5.41, 5.74) is -0.338. The Hall–Kier alpha value is -2.71. The number of nitrogens with one attached hydrogen (secondary N) is 1. The Kier molecular flexibility index (Phi) is 6.82. The average Bonchev–Trinajstić information content (AvgIpc) is 2.93. The van der Waals surface area contributed by atoms with E-state index in [-0.39, 0.29) is 18.7 Å². The van der Waals surface area contributed by atoms with Crippen LogP contribution >= 0.6 is 0 Å². The van der Waals surface area contributed by atoms with Gasteiger partial charge in [0.15, 0.2) is 0 Å². The molecule has 0 bridgehead atoms. The zero-order chi connectivity index (χ0) is 22.6. The molecule has 164 valence electrons. The van der Waals surface area contributed by atoms with Crippen LogP contribution in [0.5, 0.6) is 0 Å². The van der Waals surface area contributed by atoms with E-state index in [1.54, 1.807) is 0 Å². The van der Waals surface area contributed by atoms with Crippen LogP contribution in [0.2, 0.25) is 0 Å². The number of hydrogen-bond acceptors (Lipinski definition) is 4. The van der Waals surface area contributed by atoms with Crippen LogP contribution in [0.15, 0.2) is 54.0 Å². The number of ether oxygens (including phenoxy) is 1. The summed E-state index contributed by atoms with van der Waals surface area (Å²) in [6, 6.07) is 12.9. The third-order valence-corrected chi connectivity index (χ3v) is 5.54. The monoisotopic (exact) mass is 429 g/mol. The molecule has 8 heteroatoms. The lowest BCUT2D eigenvalue weighted by Crippen LogP contribution is -2.41. The number of carbonyl (C=O) groups excluding carboxylic acids is 1. The first-order chi connectivity index (χ1) is 14.6. The van der Waals surface area contributed by atoms with Crippen molar-refractivity contribution >= 4 is 19.3 Å². The average molecular weight is 429 g/mol. The zero-order valence-electron chi connectivity index (χ0n) is 18.1. The lowest BCUT2D eigenvalue weighted by molar-refractivity contribution is 0.00578. The van der Waals surface area contributed by atoms with Crippen LogP contribution in [0.25, 0.3) is 6.08 Å². The van der Waals surface area contributed by atoms with Gasteiger partial charge in [0.2, 0.25) is 0 Å². The van der Waals surface area contributed by atoms with Crippen LogP contribution < -0.4 is 5.32 Å². The molecule has 0 saturated carbocycles. The third kappa shape index (κ3) is 5.51. The Bertz CT molecular complexity index is 927. The van der Waals surface area contributed by atoms with Gasteiger partial charge in [0, 0.05) is 12.1 Å². The van der Waals surface area contributed by atoms with Crippen molar-refractivity contribution in [2.75, 3.05) is 6.54 Å². The van der Waals surface area contributed by atoms with Gasteiger partial charge in [-0.2, -0.15) is 0 Å². The number of amides is 1. The molecule has 1 aliphatic rings. The first-order valence-corrected chi connectivity index (χ1v) is 10.0. The highest BCUT2D eigenvalue weighted by Crippen LogP contribution is 2.39. The zero-order valence-corrected chi connectivity index (χ0v) is 18.1. The molecule has 5 nitrogen and oxygen atoms in total. The molecule has 1 amide bonds. The standard InChI is InChI=1S/C23H26BF2NO4/c1-22(2)23(3,4)31-24(30-22)17(13-18-19(25)11-8-12-20(18)26)14-27-21(28)29-15-16-9-6-5-7-10-16/h5-13H,14-15H2,1-4H3,(H,27,28). The van der Waals surface area contributed by atoms with Crippen LogP contribution in [-0.4, -0.2) is 31.0 Å². The fourth-order valence-electron chi connectivity index (χ4n) is 2.98. The van der Waals surface area contributed by atoms with Gasteiger partial charge in [-0.15, -0.1) is 0 Å². The van der Waals surface area contributed by atoms with E-state index >= 15 is 0 Å². The molecular formula is C23H26BF2NO4. The molecule has 0 aliphatic carbocycles. The summed E-state index contributed by atoms with van der Waals surface area (Å²) in [5.74, 6) is -1.44. The summed E-state index contributed by atoms with van der Waals surface area (Å²) in [6.07, 6.45) is 0.643. The normalized spacial score (nSPS) is 17.5. The predicted molar refractivity (Wildman–Crippen MR) is 115 cm³/mol. The number of rotatable bonds is 6. The first kappa shape index (κ1) is 23.0. The van der Waals surface area contributed by atoms with Crippen molar-refractivity contribution < 1.29 is 27.6 Å². The summed E-state index contributed by atoms with van der Waals surface area (Å²) in [6.45, 7) is 7.51. The van der Waals surface area contributed by atoms with Gasteiger partial charge in [-0.3, -0.25) is 0 Å². The van der Waals surface area contributed by atoms with Crippen LogP contribution in [0, 0.1) is 11.6 Å². The molecule has 0 radical (unpaired) electrons. The van der Waals surface area contributed by atoms with E-state index < -0.39 is 36.0 Å². The number of carbonyl (C=O) groups is 1. The Labute approximate surface area is 181 Å². The summed E-state index contributed by atoms with van der Waals surface area (Å²) in [5, 5.41) is 2.61. The molecule has 1 heterocycles. The van der Waals surface area contributed by atoms with Gasteiger partial charge in [0.05, 0.1) is 11.2 Å². The second-order valence-corrected chi connectivity index (χ2v) is 8.36.